The molecule has 1 fully saturated rings. The number of anilines is 1. The summed E-state index contributed by atoms with van der Waals surface area (Å²) in [6, 6.07) is 16.0. The Morgan fingerprint density at radius 3 is 2.48 bits per heavy atom. The van der Waals surface area contributed by atoms with Gasteiger partial charge in [0.1, 0.15) is 5.75 Å². The molecule has 0 atom stereocenters. The van der Waals surface area contributed by atoms with Crippen molar-refractivity contribution in [3.05, 3.63) is 59.7 Å². The lowest BCUT2D eigenvalue weighted by atomic mass is 9.74. The molecule has 1 aliphatic heterocycles. The summed E-state index contributed by atoms with van der Waals surface area (Å²) >= 11 is 0. The van der Waals surface area contributed by atoms with E-state index in [1.165, 1.54) is 5.56 Å². The van der Waals surface area contributed by atoms with Crippen LogP contribution >= 0.6 is 12.4 Å². The first kappa shape index (κ1) is 23.0. The Kier molecular flexibility index (Phi) is 8.80. The molecule has 0 bridgehead atoms. The van der Waals surface area contributed by atoms with Gasteiger partial charge in [0.15, 0.2) is 0 Å². The second-order valence-corrected chi connectivity index (χ2v) is 7.33. The van der Waals surface area contributed by atoms with Crippen LogP contribution < -0.4 is 15.8 Å². The van der Waals surface area contributed by atoms with E-state index in [-0.39, 0.29) is 23.7 Å². The van der Waals surface area contributed by atoms with E-state index >= 15 is 0 Å². The number of carbonyl (C=O) groups is 1. The molecule has 0 aromatic heterocycles. The highest BCUT2D eigenvalue weighted by Crippen LogP contribution is 2.35. The Labute approximate surface area is 179 Å². The Bertz CT molecular complexity index is 774. The number of halogens is 1. The predicted molar refractivity (Wildman–Crippen MR) is 119 cm³/mol. The highest BCUT2D eigenvalue weighted by Gasteiger charge is 2.34. The fraction of sp³-hybridized carbons (Fsp3) is 0.435. The van der Waals surface area contributed by atoms with Crippen molar-refractivity contribution in [3.63, 3.8) is 0 Å². The number of nitrogens with one attached hydrogen (secondary N) is 1. The predicted octanol–water partition coefficient (Wildman–Crippen LogP) is 3.89. The second-order valence-electron chi connectivity index (χ2n) is 7.33. The first-order valence-corrected chi connectivity index (χ1v) is 10.0. The largest absolute Gasteiger partial charge is 0.494 e. The highest BCUT2D eigenvalue weighted by molar-refractivity contribution is 5.85. The molecule has 6 heteroatoms. The maximum Gasteiger partial charge on any atom is 0.220 e. The van der Waals surface area contributed by atoms with E-state index in [1.54, 1.807) is 0 Å². The number of nitrogen functional groups attached to an aromatic ring is 1. The number of carbonyl (C=O) groups excluding carboxylic acids is 1. The number of rotatable bonds is 8. The monoisotopic (exact) mass is 418 g/mol. The van der Waals surface area contributed by atoms with Crippen molar-refractivity contribution in [2.24, 2.45) is 0 Å². The lowest BCUT2D eigenvalue weighted by molar-refractivity contribution is -0.121. The number of benzene rings is 2. The first-order chi connectivity index (χ1) is 13.6. The molecule has 1 heterocycles. The summed E-state index contributed by atoms with van der Waals surface area (Å²) in [7, 11) is 0. The van der Waals surface area contributed by atoms with E-state index in [4.69, 9.17) is 15.2 Å². The van der Waals surface area contributed by atoms with Gasteiger partial charge in [-0.3, -0.25) is 4.79 Å². The summed E-state index contributed by atoms with van der Waals surface area (Å²) in [5.41, 5.74) is 8.87. The third kappa shape index (κ3) is 6.12. The lowest BCUT2D eigenvalue weighted by Gasteiger charge is -2.38. The number of aryl methyl sites for hydroxylation is 1. The quantitative estimate of drug-likeness (QED) is 0.638. The number of para-hydroxylation sites is 1. The van der Waals surface area contributed by atoms with E-state index < -0.39 is 0 Å². The smallest absolute Gasteiger partial charge is 0.220 e. The molecule has 3 rings (SSSR count). The molecule has 5 nitrogen and oxygen atoms in total. The zero-order valence-corrected chi connectivity index (χ0v) is 17.8. The summed E-state index contributed by atoms with van der Waals surface area (Å²) in [4.78, 5) is 12.5. The SMILES string of the molecule is CCOc1ccc(C2(CNC(=O)CCc3ccccc3N)CCOCC2)cc1.Cl. The Balaban J connectivity index is 0.00000300. The lowest BCUT2D eigenvalue weighted by Crippen LogP contribution is -2.44. The van der Waals surface area contributed by atoms with E-state index in [2.05, 4.69) is 17.4 Å². The number of hydrogen-bond acceptors (Lipinski definition) is 4. The van der Waals surface area contributed by atoms with Crippen molar-refractivity contribution in [1.82, 2.24) is 5.32 Å². The third-order valence-corrected chi connectivity index (χ3v) is 5.53. The van der Waals surface area contributed by atoms with Gasteiger partial charge in [0, 0.05) is 37.3 Å². The summed E-state index contributed by atoms with van der Waals surface area (Å²) in [5, 5.41) is 3.15. The fourth-order valence-corrected chi connectivity index (χ4v) is 3.77. The first-order valence-electron chi connectivity index (χ1n) is 10.0. The molecule has 29 heavy (non-hydrogen) atoms. The number of nitrogens with two attached hydrogens (primary N) is 1. The Morgan fingerprint density at radius 1 is 1.14 bits per heavy atom. The van der Waals surface area contributed by atoms with Gasteiger partial charge in [0.25, 0.3) is 0 Å². The molecule has 0 spiro atoms. The molecule has 3 N–H and O–H groups in total. The van der Waals surface area contributed by atoms with Crippen LogP contribution in [0, 0.1) is 0 Å². The van der Waals surface area contributed by atoms with E-state index in [1.807, 2.05) is 43.3 Å². The van der Waals surface area contributed by atoms with Gasteiger partial charge in [0.2, 0.25) is 5.91 Å². The van der Waals surface area contributed by atoms with Gasteiger partial charge in [0.05, 0.1) is 6.61 Å². The molecule has 0 aliphatic carbocycles. The van der Waals surface area contributed by atoms with Crippen LogP contribution in [0.15, 0.2) is 48.5 Å². The Hall–Kier alpha value is -2.24. The summed E-state index contributed by atoms with van der Waals surface area (Å²) in [6.07, 6.45) is 2.88. The molecule has 2 aromatic carbocycles. The molecule has 0 unspecified atom stereocenters. The molecular weight excluding hydrogens is 388 g/mol. The Morgan fingerprint density at radius 2 is 1.83 bits per heavy atom. The maximum atomic E-state index is 12.5. The van der Waals surface area contributed by atoms with Crippen LogP contribution in [0.5, 0.6) is 5.75 Å². The number of ether oxygens (including phenoxy) is 2. The van der Waals surface area contributed by atoms with Gasteiger partial charge in [-0.1, -0.05) is 30.3 Å². The van der Waals surface area contributed by atoms with Crippen molar-refractivity contribution in [1.29, 1.82) is 0 Å². The number of hydrogen-bond donors (Lipinski definition) is 2. The molecule has 1 saturated heterocycles. The van der Waals surface area contributed by atoms with Crippen LogP contribution in [-0.4, -0.2) is 32.3 Å². The molecule has 1 aliphatic rings. The minimum absolute atomic E-state index is 0. The van der Waals surface area contributed by atoms with Crippen molar-refractivity contribution >= 4 is 24.0 Å². The third-order valence-electron chi connectivity index (χ3n) is 5.53. The van der Waals surface area contributed by atoms with Crippen LogP contribution in [0.2, 0.25) is 0 Å². The van der Waals surface area contributed by atoms with Crippen LogP contribution in [0.4, 0.5) is 5.69 Å². The highest BCUT2D eigenvalue weighted by atomic mass is 35.5. The van der Waals surface area contributed by atoms with E-state index in [0.29, 0.717) is 39.2 Å². The van der Waals surface area contributed by atoms with Crippen LogP contribution in [0.3, 0.4) is 0 Å². The van der Waals surface area contributed by atoms with Crippen molar-refractivity contribution in [2.45, 2.75) is 38.0 Å². The maximum absolute atomic E-state index is 12.5. The minimum atomic E-state index is -0.0928. The van der Waals surface area contributed by atoms with Crippen molar-refractivity contribution < 1.29 is 14.3 Å². The van der Waals surface area contributed by atoms with E-state index in [9.17, 15) is 4.79 Å². The van der Waals surface area contributed by atoms with Gasteiger partial charge in [-0.05, 0) is 55.5 Å². The average molecular weight is 419 g/mol. The minimum Gasteiger partial charge on any atom is -0.494 e. The van der Waals surface area contributed by atoms with Gasteiger partial charge < -0.3 is 20.5 Å². The van der Waals surface area contributed by atoms with Crippen LogP contribution in [-0.2, 0) is 21.4 Å². The number of amides is 1. The summed E-state index contributed by atoms with van der Waals surface area (Å²) in [5.74, 6) is 0.929. The van der Waals surface area contributed by atoms with Gasteiger partial charge in [-0.25, -0.2) is 0 Å². The van der Waals surface area contributed by atoms with Crippen molar-refractivity contribution in [2.75, 3.05) is 32.1 Å². The average Bonchev–Trinajstić information content (AvgIpc) is 2.73. The second kappa shape index (κ2) is 11.1. The summed E-state index contributed by atoms with van der Waals surface area (Å²) in [6.45, 7) is 4.67. The molecular formula is C23H31ClN2O3. The normalized spacial score (nSPS) is 15.2. The van der Waals surface area contributed by atoms with Gasteiger partial charge in [-0.2, -0.15) is 0 Å². The molecule has 158 valence electrons. The van der Waals surface area contributed by atoms with Gasteiger partial charge >= 0.3 is 0 Å². The van der Waals surface area contributed by atoms with Gasteiger partial charge in [-0.15, -0.1) is 12.4 Å². The zero-order chi connectivity index (χ0) is 19.8. The van der Waals surface area contributed by atoms with Crippen LogP contribution in [0.25, 0.3) is 0 Å². The standard InChI is InChI=1S/C23H30N2O3.ClH/c1-2-28-20-10-8-19(9-11-20)23(13-15-27-16-14-23)17-25-22(26)12-7-18-5-3-4-6-21(18)24;/h3-6,8-11H,2,7,12-17,24H2,1H3,(H,25,26);1H. The molecule has 2 aromatic rings. The van der Waals surface area contributed by atoms with Crippen LogP contribution in [0.1, 0.15) is 37.3 Å². The molecule has 0 radical (unpaired) electrons. The van der Waals surface area contributed by atoms with E-state index in [0.717, 1.165) is 29.8 Å². The van der Waals surface area contributed by atoms with Crippen molar-refractivity contribution in [3.8, 4) is 5.75 Å². The molecule has 0 saturated carbocycles. The molecule has 1 amide bonds. The topological polar surface area (TPSA) is 73.6 Å². The zero-order valence-electron chi connectivity index (χ0n) is 17.0. The fourth-order valence-electron chi connectivity index (χ4n) is 3.77. The summed E-state index contributed by atoms with van der Waals surface area (Å²) < 4.78 is 11.1.